The van der Waals surface area contributed by atoms with E-state index < -0.39 is 11.7 Å². The molecular weight excluding hydrogens is 331 g/mol. The van der Waals surface area contributed by atoms with Crippen molar-refractivity contribution >= 4 is 11.0 Å². The van der Waals surface area contributed by atoms with E-state index in [2.05, 4.69) is 10.1 Å². The third kappa shape index (κ3) is 2.73. The second-order valence-corrected chi connectivity index (χ2v) is 6.26. The summed E-state index contributed by atoms with van der Waals surface area (Å²) in [7, 11) is 3.18. The Kier molecular flexibility index (Phi) is 3.49. The molecule has 4 rings (SSSR count). The van der Waals surface area contributed by atoms with Gasteiger partial charge in [-0.2, -0.15) is 18.3 Å². The average molecular weight is 347 g/mol. The van der Waals surface area contributed by atoms with Gasteiger partial charge < -0.3 is 4.74 Å². The SMILES string of the molecule is COc1ccc(-c2cc(C(F)(F)F)c3c(C4CC4)nn(C)c3n2)cc1. The molecule has 7 heteroatoms. The molecule has 4 nitrogen and oxygen atoms in total. The summed E-state index contributed by atoms with van der Waals surface area (Å²) in [4.78, 5) is 4.47. The highest BCUT2D eigenvalue weighted by Gasteiger charge is 2.39. The zero-order chi connectivity index (χ0) is 17.8. The molecule has 0 bridgehead atoms. The fourth-order valence-corrected chi connectivity index (χ4v) is 3.05. The zero-order valence-corrected chi connectivity index (χ0v) is 13.8. The fraction of sp³-hybridized carbons (Fsp3) is 0.333. The number of halogens is 3. The first-order chi connectivity index (χ1) is 11.9. The minimum Gasteiger partial charge on any atom is -0.497 e. The molecule has 0 N–H and O–H groups in total. The van der Waals surface area contributed by atoms with Crippen molar-refractivity contribution in [1.29, 1.82) is 0 Å². The summed E-state index contributed by atoms with van der Waals surface area (Å²) in [5.74, 6) is 0.746. The predicted molar refractivity (Wildman–Crippen MR) is 87.5 cm³/mol. The number of hydrogen-bond donors (Lipinski definition) is 0. The summed E-state index contributed by atoms with van der Waals surface area (Å²) in [6.45, 7) is 0. The van der Waals surface area contributed by atoms with Crippen molar-refractivity contribution in [2.75, 3.05) is 7.11 Å². The van der Waals surface area contributed by atoms with Gasteiger partial charge in [0.2, 0.25) is 0 Å². The van der Waals surface area contributed by atoms with Crippen molar-refractivity contribution in [3.05, 3.63) is 41.6 Å². The van der Waals surface area contributed by atoms with E-state index >= 15 is 0 Å². The lowest BCUT2D eigenvalue weighted by molar-refractivity contribution is -0.136. The standard InChI is InChI=1S/C18H16F3N3O/c1-24-17-15(16(23-24)11-3-4-11)13(18(19,20)21)9-14(22-17)10-5-7-12(25-2)8-6-10/h5-9,11H,3-4H2,1-2H3. The lowest BCUT2D eigenvalue weighted by Gasteiger charge is -2.12. The van der Waals surface area contributed by atoms with Crippen LogP contribution in [-0.4, -0.2) is 21.9 Å². The van der Waals surface area contributed by atoms with Crippen molar-refractivity contribution in [3.8, 4) is 17.0 Å². The van der Waals surface area contributed by atoms with Crippen LogP contribution in [-0.2, 0) is 13.2 Å². The molecule has 1 saturated carbocycles. The van der Waals surface area contributed by atoms with Gasteiger partial charge in [0, 0.05) is 18.5 Å². The summed E-state index contributed by atoms with van der Waals surface area (Å²) in [5, 5.41) is 4.46. The average Bonchev–Trinajstić information content (AvgIpc) is 3.38. The van der Waals surface area contributed by atoms with Crippen LogP contribution < -0.4 is 4.74 Å². The number of benzene rings is 1. The lowest BCUT2D eigenvalue weighted by atomic mass is 10.0. The monoisotopic (exact) mass is 347 g/mol. The number of nitrogens with zero attached hydrogens (tertiary/aromatic N) is 3. The second-order valence-electron chi connectivity index (χ2n) is 6.26. The smallest absolute Gasteiger partial charge is 0.417 e. The van der Waals surface area contributed by atoms with Crippen LogP contribution >= 0.6 is 0 Å². The Labute approximate surface area is 142 Å². The van der Waals surface area contributed by atoms with Gasteiger partial charge in [-0.25, -0.2) is 4.98 Å². The maximum atomic E-state index is 13.7. The number of methoxy groups -OCH3 is 1. The number of ether oxygens (including phenoxy) is 1. The highest BCUT2D eigenvalue weighted by molar-refractivity contribution is 5.86. The summed E-state index contributed by atoms with van der Waals surface area (Å²) < 4.78 is 47.7. The Bertz CT molecular complexity index is 941. The minimum absolute atomic E-state index is 0.110. The van der Waals surface area contributed by atoms with E-state index in [-0.39, 0.29) is 22.6 Å². The molecule has 1 aliphatic carbocycles. The number of pyridine rings is 1. The second kappa shape index (κ2) is 5.47. The van der Waals surface area contributed by atoms with Crippen molar-refractivity contribution in [1.82, 2.24) is 14.8 Å². The van der Waals surface area contributed by atoms with Crippen LogP contribution in [0.1, 0.15) is 30.0 Å². The fourth-order valence-electron chi connectivity index (χ4n) is 3.05. The van der Waals surface area contributed by atoms with Crippen molar-refractivity contribution in [3.63, 3.8) is 0 Å². The van der Waals surface area contributed by atoms with E-state index in [1.165, 1.54) is 11.8 Å². The zero-order valence-electron chi connectivity index (χ0n) is 13.8. The van der Waals surface area contributed by atoms with Crippen LogP contribution in [0, 0.1) is 0 Å². The number of rotatable bonds is 3. The lowest BCUT2D eigenvalue weighted by Crippen LogP contribution is -2.08. The van der Waals surface area contributed by atoms with Crippen LogP contribution in [0.3, 0.4) is 0 Å². The summed E-state index contributed by atoms with van der Waals surface area (Å²) in [6, 6.07) is 7.93. The van der Waals surface area contributed by atoms with Gasteiger partial charge in [0.1, 0.15) is 5.75 Å². The van der Waals surface area contributed by atoms with Crippen LogP contribution in [0.5, 0.6) is 5.75 Å². The molecule has 1 fully saturated rings. The molecule has 0 radical (unpaired) electrons. The van der Waals surface area contributed by atoms with Crippen molar-refractivity contribution < 1.29 is 17.9 Å². The molecule has 0 atom stereocenters. The Morgan fingerprint density at radius 3 is 2.40 bits per heavy atom. The van der Waals surface area contributed by atoms with Gasteiger partial charge >= 0.3 is 6.18 Å². The molecule has 25 heavy (non-hydrogen) atoms. The number of fused-ring (bicyclic) bond motifs is 1. The number of hydrogen-bond acceptors (Lipinski definition) is 3. The molecule has 2 heterocycles. The largest absolute Gasteiger partial charge is 0.497 e. The van der Waals surface area contributed by atoms with Gasteiger partial charge in [0.25, 0.3) is 0 Å². The third-order valence-electron chi connectivity index (χ3n) is 4.48. The molecule has 0 aliphatic heterocycles. The molecule has 3 aromatic rings. The predicted octanol–water partition coefficient (Wildman–Crippen LogP) is 4.54. The first-order valence-electron chi connectivity index (χ1n) is 7.97. The normalized spacial score (nSPS) is 14.9. The number of aromatic nitrogens is 3. The Hall–Kier alpha value is -2.57. The van der Waals surface area contributed by atoms with Gasteiger partial charge in [0.15, 0.2) is 5.65 Å². The van der Waals surface area contributed by atoms with E-state index in [4.69, 9.17) is 4.74 Å². The molecule has 0 saturated heterocycles. The van der Waals surface area contributed by atoms with Gasteiger partial charge in [-0.05, 0) is 43.2 Å². The van der Waals surface area contributed by atoms with Gasteiger partial charge in [-0.1, -0.05) is 0 Å². The van der Waals surface area contributed by atoms with Crippen LogP contribution in [0.25, 0.3) is 22.3 Å². The molecule has 0 spiro atoms. The van der Waals surface area contributed by atoms with E-state index in [0.29, 0.717) is 17.0 Å². The Balaban J connectivity index is 1.96. The van der Waals surface area contributed by atoms with E-state index in [1.807, 2.05) is 0 Å². The van der Waals surface area contributed by atoms with Gasteiger partial charge in [0.05, 0.1) is 29.4 Å². The van der Waals surface area contributed by atoms with Gasteiger partial charge in [-0.15, -0.1) is 0 Å². The van der Waals surface area contributed by atoms with Crippen LogP contribution in [0.2, 0.25) is 0 Å². The van der Waals surface area contributed by atoms with Crippen LogP contribution in [0.15, 0.2) is 30.3 Å². The molecule has 1 aromatic carbocycles. The highest BCUT2D eigenvalue weighted by atomic mass is 19.4. The van der Waals surface area contributed by atoms with E-state index in [9.17, 15) is 13.2 Å². The molecule has 1 aliphatic rings. The van der Waals surface area contributed by atoms with Crippen LogP contribution in [0.4, 0.5) is 13.2 Å². The highest BCUT2D eigenvalue weighted by Crippen LogP contribution is 2.46. The third-order valence-corrected chi connectivity index (χ3v) is 4.48. The first-order valence-corrected chi connectivity index (χ1v) is 7.97. The molecule has 130 valence electrons. The van der Waals surface area contributed by atoms with E-state index in [0.717, 1.165) is 18.9 Å². The minimum atomic E-state index is -4.46. The van der Waals surface area contributed by atoms with Gasteiger partial charge in [-0.3, -0.25) is 4.68 Å². The van der Waals surface area contributed by atoms with Crippen molar-refractivity contribution in [2.24, 2.45) is 7.05 Å². The van der Waals surface area contributed by atoms with Crippen molar-refractivity contribution in [2.45, 2.75) is 24.9 Å². The molecule has 0 amide bonds. The first kappa shape index (κ1) is 15.9. The Morgan fingerprint density at radius 1 is 1.16 bits per heavy atom. The maximum Gasteiger partial charge on any atom is 0.417 e. The summed E-state index contributed by atoms with van der Waals surface area (Å²) in [5.41, 5.74) is 0.981. The maximum absolute atomic E-state index is 13.7. The number of alkyl halides is 3. The molecule has 2 aromatic heterocycles. The Morgan fingerprint density at radius 2 is 1.84 bits per heavy atom. The molecular formula is C18H16F3N3O. The summed E-state index contributed by atoms with van der Waals surface area (Å²) >= 11 is 0. The quantitative estimate of drug-likeness (QED) is 0.698. The summed E-state index contributed by atoms with van der Waals surface area (Å²) in [6.07, 6.45) is -2.71. The van der Waals surface area contributed by atoms with E-state index in [1.54, 1.807) is 31.3 Å². The number of aryl methyl sites for hydroxylation is 1. The topological polar surface area (TPSA) is 39.9 Å². The molecule has 0 unspecified atom stereocenters.